The Morgan fingerprint density at radius 1 is 1.21 bits per heavy atom. The Morgan fingerprint density at radius 2 is 1.84 bits per heavy atom. The summed E-state index contributed by atoms with van der Waals surface area (Å²) in [6.45, 7) is 1.58. The zero-order chi connectivity index (χ0) is 14.3. The number of esters is 1. The summed E-state index contributed by atoms with van der Waals surface area (Å²) in [4.78, 5) is 33.8. The molecule has 4 N–H and O–H groups in total. The van der Waals surface area contributed by atoms with Gasteiger partial charge in [-0.15, -0.1) is 0 Å². The molecule has 0 heterocycles. The largest absolute Gasteiger partial charge is 0.452 e. The van der Waals surface area contributed by atoms with Gasteiger partial charge in [0.15, 0.2) is 6.61 Å². The first-order chi connectivity index (χ1) is 9.02. The molecule has 0 aromatic heterocycles. The normalized spacial score (nSPS) is 9.53. The molecule has 0 atom stereocenters. The number of imide groups is 1. The van der Waals surface area contributed by atoms with Crippen LogP contribution in [0.2, 0.25) is 0 Å². The van der Waals surface area contributed by atoms with Crippen LogP contribution in [-0.2, 0) is 9.53 Å². The van der Waals surface area contributed by atoms with Crippen LogP contribution >= 0.6 is 0 Å². The highest BCUT2D eigenvalue weighted by molar-refractivity contribution is 5.97. The van der Waals surface area contributed by atoms with E-state index in [-0.39, 0.29) is 5.56 Å². The number of nitrogens with one attached hydrogen (secondary N) is 2. The van der Waals surface area contributed by atoms with Gasteiger partial charge in [-0.05, 0) is 31.2 Å². The topological polar surface area (TPSA) is 111 Å². The van der Waals surface area contributed by atoms with Crippen molar-refractivity contribution in [3.05, 3.63) is 29.8 Å². The summed E-state index contributed by atoms with van der Waals surface area (Å²) in [5.74, 6) is -1.36. The number of hydrogen-bond donors (Lipinski definition) is 3. The molecule has 0 aliphatic carbocycles. The van der Waals surface area contributed by atoms with Crippen molar-refractivity contribution in [1.29, 1.82) is 0 Å². The molecule has 0 fully saturated rings. The van der Waals surface area contributed by atoms with Crippen LogP contribution < -0.4 is 16.4 Å². The van der Waals surface area contributed by atoms with Crippen LogP contribution in [0.3, 0.4) is 0 Å². The molecule has 1 aromatic rings. The van der Waals surface area contributed by atoms with Crippen LogP contribution in [0.25, 0.3) is 0 Å². The molecule has 1 rings (SSSR count). The van der Waals surface area contributed by atoms with Crippen molar-refractivity contribution in [3.8, 4) is 0 Å². The molecule has 0 aliphatic heterocycles. The third kappa shape index (κ3) is 5.07. The molecule has 0 spiro atoms. The zero-order valence-corrected chi connectivity index (χ0v) is 10.4. The molecule has 0 aliphatic rings. The van der Waals surface area contributed by atoms with Gasteiger partial charge in [-0.2, -0.15) is 0 Å². The van der Waals surface area contributed by atoms with Gasteiger partial charge in [0, 0.05) is 12.2 Å². The van der Waals surface area contributed by atoms with Gasteiger partial charge in [-0.25, -0.2) is 9.59 Å². The Bertz CT molecular complexity index is 470. The number of rotatable bonds is 4. The van der Waals surface area contributed by atoms with E-state index >= 15 is 0 Å². The SMILES string of the molecule is CCNC(=O)NC(=O)COC(=O)c1ccc(N)cc1. The monoisotopic (exact) mass is 265 g/mol. The third-order valence-electron chi connectivity index (χ3n) is 2.07. The molecular weight excluding hydrogens is 250 g/mol. The predicted molar refractivity (Wildman–Crippen MR) is 68.4 cm³/mol. The zero-order valence-electron chi connectivity index (χ0n) is 10.4. The highest BCUT2D eigenvalue weighted by atomic mass is 16.5. The number of hydrogen-bond acceptors (Lipinski definition) is 5. The van der Waals surface area contributed by atoms with E-state index < -0.39 is 24.5 Å². The fourth-order valence-electron chi connectivity index (χ4n) is 1.20. The number of benzene rings is 1. The highest BCUT2D eigenvalue weighted by Gasteiger charge is 2.11. The van der Waals surface area contributed by atoms with E-state index in [1.54, 1.807) is 19.1 Å². The average molecular weight is 265 g/mol. The van der Waals surface area contributed by atoms with Crippen LogP contribution in [0.4, 0.5) is 10.5 Å². The minimum absolute atomic E-state index is 0.278. The van der Waals surface area contributed by atoms with Crippen molar-refractivity contribution in [2.24, 2.45) is 0 Å². The van der Waals surface area contributed by atoms with Gasteiger partial charge in [0.25, 0.3) is 5.91 Å². The van der Waals surface area contributed by atoms with Crippen LogP contribution in [-0.4, -0.2) is 31.1 Å². The number of ether oxygens (including phenoxy) is 1. The Balaban J connectivity index is 2.40. The van der Waals surface area contributed by atoms with Crippen molar-refractivity contribution in [1.82, 2.24) is 10.6 Å². The van der Waals surface area contributed by atoms with Crippen molar-refractivity contribution in [2.75, 3.05) is 18.9 Å². The second kappa shape index (κ2) is 7.00. The van der Waals surface area contributed by atoms with Gasteiger partial charge in [0.2, 0.25) is 0 Å². The molecule has 3 amide bonds. The van der Waals surface area contributed by atoms with Crippen LogP contribution in [0.15, 0.2) is 24.3 Å². The van der Waals surface area contributed by atoms with E-state index in [4.69, 9.17) is 10.5 Å². The summed E-state index contributed by atoms with van der Waals surface area (Å²) < 4.78 is 4.74. The molecule has 0 radical (unpaired) electrons. The minimum Gasteiger partial charge on any atom is -0.452 e. The molecule has 1 aromatic carbocycles. The lowest BCUT2D eigenvalue weighted by Gasteiger charge is -2.06. The summed E-state index contributed by atoms with van der Waals surface area (Å²) >= 11 is 0. The number of amides is 3. The number of carbonyl (C=O) groups excluding carboxylic acids is 3. The molecule has 0 saturated heterocycles. The molecule has 0 saturated carbocycles. The lowest BCUT2D eigenvalue weighted by Crippen LogP contribution is -2.41. The first-order valence-electron chi connectivity index (χ1n) is 5.63. The van der Waals surface area contributed by atoms with Gasteiger partial charge in [0.1, 0.15) is 0 Å². The van der Waals surface area contributed by atoms with Crippen molar-refractivity contribution < 1.29 is 19.1 Å². The number of nitrogen functional groups attached to an aromatic ring is 1. The van der Waals surface area contributed by atoms with Gasteiger partial charge >= 0.3 is 12.0 Å². The lowest BCUT2D eigenvalue weighted by molar-refractivity contribution is -0.123. The summed E-state index contributed by atoms with van der Waals surface area (Å²) in [7, 11) is 0. The maximum Gasteiger partial charge on any atom is 0.338 e. The van der Waals surface area contributed by atoms with Crippen LogP contribution in [0.1, 0.15) is 17.3 Å². The van der Waals surface area contributed by atoms with E-state index in [0.717, 1.165) is 0 Å². The molecule has 7 nitrogen and oxygen atoms in total. The number of urea groups is 1. The molecule has 102 valence electrons. The first kappa shape index (κ1) is 14.5. The molecular formula is C12H15N3O4. The third-order valence-corrected chi connectivity index (χ3v) is 2.07. The smallest absolute Gasteiger partial charge is 0.338 e. The Hall–Kier alpha value is -2.57. The quantitative estimate of drug-likeness (QED) is 0.534. The average Bonchev–Trinajstić information content (AvgIpc) is 2.37. The Kier molecular flexibility index (Phi) is 5.34. The van der Waals surface area contributed by atoms with Gasteiger partial charge in [-0.1, -0.05) is 0 Å². The second-order valence-corrected chi connectivity index (χ2v) is 3.61. The molecule has 7 heteroatoms. The van der Waals surface area contributed by atoms with E-state index in [2.05, 4.69) is 5.32 Å². The van der Waals surface area contributed by atoms with E-state index in [1.165, 1.54) is 12.1 Å². The molecule has 19 heavy (non-hydrogen) atoms. The maximum absolute atomic E-state index is 11.5. The first-order valence-corrected chi connectivity index (χ1v) is 5.63. The summed E-state index contributed by atoms with van der Waals surface area (Å²) in [6, 6.07) is 5.44. The lowest BCUT2D eigenvalue weighted by atomic mass is 10.2. The summed E-state index contributed by atoms with van der Waals surface area (Å²) in [6.07, 6.45) is 0. The van der Waals surface area contributed by atoms with Gasteiger partial charge in [-0.3, -0.25) is 10.1 Å². The van der Waals surface area contributed by atoms with Crippen molar-refractivity contribution in [3.63, 3.8) is 0 Å². The fourth-order valence-corrected chi connectivity index (χ4v) is 1.20. The highest BCUT2D eigenvalue weighted by Crippen LogP contribution is 2.06. The van der Waals surface area contributed by atoms with Gasteiger partial charge in [0.05, 0.1) is 5.56 Å². The summed E-state index contributed by atoms with van der Waals surface area (Å²) in [5, 5.41) is 4.39. The van der Waals surface area contributed by atoms with Crippen molar-refractivity contribution >= 4 is 23.6 Å². The minimum atomic E-state index is -0.699. The Morgan fingerprint density at radius 3 is 2.42 bits per heavy atom. The van der Waals surface area contributed by atoms with E-state index in [1.807, 2.05) is 5.32 Å². The predicted octanol–water partition coefficient (Wildman–Crippen LogP) is 0.271. The molecule has 0 unspecified atom stereocenters. The fraction of sp³-hybridized carbons (Fsp3) is 0.250. The van der Waals surface area contributed by atoms with Crippen molar-refractivity contribution in [2.45, 2.75) is 6.92 Å². The van der Waals surface area contributed by atoms with E-state index in [9.17, 15) is 14.4 Å². The number of nitrogens with two attached hydrogens (primary N) is 1. The van der Waals surface area contributed by atoms with Crippen LogP contribution in [0.5, 0.6) is 0 Å². The number of carbonyl (C=O) groups is 3. The standard InChI is InChI=1S/C12H15N3O4/c1-2-14-12(18)15-10(16)7-19-11(17)8-3-5-9(13)6-4-8/h3-6H,2,7,13H2,1H3,(H2,14,15,16,18). The van der Waals surface area contributed by atoms with E-state index in [0.29, 0.717) is 12.2 Å². The Labute approximate surface area is 110 Å². The van der Waals surface area contributed by atoms with Crippen LogP contribution in [0, 0.1) is 0 Å². The molecule has 0 bridgehead atoms. The second-order valence-electron chi connectivity index (χ2n) is 3.61. The summed E-state index contributed by atoms with van der Waals surface area (Å²) in [5.41, 5.74) is 6.27. The number of anilines is 1. The maximum atomic E-state index is 11.5. The van der Waals surface area contributed by atoms with Gasteiger partial charge < -0.3 is 15.8 Å².